The highest BCUT2D eigenvalue weighted by molar-refractivity contribution is 5.93. The van der Waals surface area contributed by atoms with Crippen LogP contribution in [0.4, 0.5) is 5.82 Å². The summed E-state index contributed by atoms with van der Waals surface area (Å²) >= 11 is 0. The van der Waals surface area contributed by atoms with E-state index in [4.69, 9.17) is 5.73 Å². The van der Waals surface area contributed by atoms with Crippen LogP contribution >= 0.6 is 0 Å². The predicted octanol–water partition coefficient (Wildman–Crippen LogP) is 0.0252. The van der Waals surface area contributed by atoms with E-state index >= 15 is 0 Å². The number of aromatic nitrogens is 2. The molecule has 1 aliphatic rings. The van der Waals surface area contributed by atoms with Gasteiger partial charge in [0.05, 0.1) is 6.10 Å². The highest BCUT2D eigenvalue weighted by atomic mass is 16.3. The molecule has 1 aromatic heterocycles. The van der Waals surface area contributed by atoms with E-state index in [1.54, 1.807) is 0 Å². The SMILES string of the molecule is Nc1cc(C(=O)NC2CCC(O)CC2)[nH]n1. The van der Waals surface area contributed by atoms with Crippen LogP contribution in [0.25, 0.3) is 0 Å². The van der Waals surface area contributed by atoms with Gasteiger partial charge in [-0.1, -0.05) is 0 Å². The van der Waals surface area contributed by atoms with Crippen molar-refractivity contribution < 1.29 is 9.90 Å². The number of anilines is 1. The van der Waals surface area contributed by atoms with Crippen LogP contribution in [0.3, 0.4) is 0 Å². The Morgan fingerprint density at radius 1 is 1.50 bits per heavy atom. The van der Waals surface area contributed by atoms with Crippen molar-refractivity contribution in [2.45, 2.75) is 37.8 Å². The van der Waals surface area contributed by atoms with Crippen molar-refractivity contribution in [3.63, 3.8) is 0 Å². The summed E-state index contributed by atoms with van der Waals surface area (Å²) < 4.78 is 0. The maximum absolute atomic E-state index is 11.7. The van der Waals surface area contributed by atoms with Gasteiger partial charge in [-0.05, 0) is 25.7 Å². The quantitative estimate of drug-likeness (QED) is 0.568. The molecule has 1 aliphatic carbocycles. The van der Waals surface area contributed by atoms with E-state index in [1.165, 1.54) is 6.07 Å². The van der Waals surface area contributed by atoms with Gasteiger partial charge in [-0.3, -0.25) is 9.89 Å². The Balaban J connectivity index is 1.88. The van der Waals surface area contributed by atoms with E-state index in [9.17, 15) is 9.90 Å². The first-order valence-electron chi connectivity index (χ1n) is 5.45. The number of aliphatic hydroxyl groups is 1. The van der Waals surface area contributed by atoms with Crippen LogP contribution in [0.1, 0.15) is 36.2 Å². The topological polar surface area (TPSA) is 104 Å². The smallest absolute Gasteiger partial charge is 0.269 e. The van der Waals surface area contributed by atoms with Crippen LogP contribution in [-0.2, 0) is 0 Å². The number of nitrogens with one attached hydrogen (secondary N) is 2. The monoisotopic (exact) mass is 224 g/mol. The number of hydrogen-bond acceptors (Lipinski definition) is 4. The predicted molar refractivity (Wildman–Crippen MR) is 58.7 cm³/mol. The Bertz CT molecular complexity index is 369. The lowest BCUT2D eigenvalue weighted by Crippen LogP contribution is -2.38. The lowest BCUT2D eigenvalue weighted by atomic mass is 9.93. The van der Waals surface area contributed by atoms with Crippen LogP contribution in [0.2, 0.25) is 0 Å². The fraction of sp³-hybridized carbons (Fsp3) is 0.600. The summed E-state index contributed by atoms with van der Waals surface area (Å²) in [5, 5.41) is 18.5. The van der Waals surface area contributed by atoms with Crippen LogP contribution in [0.15, 0.2) is 6.07 Å². The molecule has 1 amide bonds. The van der Waals surface area contributed by atoms with Gasteiger partial charge in [0.1, 0.15) is 11.5 Å². The third kappa shape index (κ3) is 2.52. The minimum atomic E-state index is -0.212. The maximum Gasteiger partial charge on any atom is 0.269 e. The molecule has 0 aliphatic heterocycles. The summed E-state index contributed by atoms with van der Waals surface area (Å²) in [6.45, 7) is 0. The first-order valence-corrected chi connectivity index (χ1v) is 5.45. The summed E-state index contributed by atoms with van der Waals surface area (Å²) in [6.07, 6.45) is 2.91. The minimum Gasteiger partial charge on any atom is -0.393 e. The third-order valence-electron chi connectivity index (χ3n) is 2.87. The van der Waals surface area contributed by atoms with E-state index in [-0.39, 0.29) is 18.1 Å². The van der Waals surface area contributed by atoms with Gasteiger partial charge < -0.3 is 16.2 Å². The van der Waals surface area contributed by atoms with Crippen molar-refractivity contribution in [1.82, 2.24) is 15.5 Å². The lowest BCUT2D eigenvalue weighted by molar-refractivity contribution is 0.0863. The molecule has 6 heteroatoms. The van der Waals surface area contributed by atoms with Crippen LogP contribution in [0.5, 0.6) is 0 Å². The molecule has 1 heterocycles. The number of nitrogens with two attached hydrogens (primary N) is 1. The van der Waals surface area contributed by atoms with Gasteiger partial charge in [0.25, 0.3) is 5.91 Å². The molecule has 1 fully saturated rings. The second-order valence-corrected chi connectivity index (χ2v) is 4.19. The van der Waals surface area contributed by atoms with E-state index in [1.807, 2.05) is 0 Å². The Morgan fingerprint density at radius 2 is 2.19 bits per heavy atom. The average Bonchev–Trinajstić information content (AvgIpc) is 2.68. The number of nitrogen functional groups attached to an aromatic ring is 1. The molecule has 6 nitrogen and oxygen atoms in total. The fourth-order valence-corrected chi connectivity index (χ4v) is 1.94. The Kier molecular flexibility index (Phi) is 3.09. The molecule has 2 rings (SSSR count). The number of carbonyl (C=O) groups is 1. The molecular formula is C10H16N4O2. The number of nitrogens with zero attached hydrogens (tertiary/aromatic N) is 1. The Hall–Kier alpha value is -1.56. The number of carbonyl (C=O) groups excluding carboxylic acids is 1. The van der Waals surface area contributed by atoms with Crippen LogP contribution in [-0.4, -0.2) is 33.4 Å². The number of aromatic amines is 1. The van der Waals surface area contributed by atoms with Gasteiger partial charge in [0.15, 0.2) is 0 Å². The number of amides is 1. The molecule has 0 aromatic carbocycles. The van der Waals surface area contributed by atoms with Crippen molar-refractivity contribution in [1.29, 1.82) is 0 Å². The number of aliphatic hydroxyl groups excluding tert-OH is 1. The summed E-state index contributed by atoms with van der Waals surface area (Å²) in [7, 11) is 0. The third-order valence-corrected chi connectivity index (χ3v) is 2.87. The Labute approximate surface area is 93.2 Å². The van der Waals surface area contributed by atoms with E-state index in [0.717, 1.165) is 25.7 Å². The zero-order chi connectivity index (χ0) is 11.5. The molecule has 0 atom stereocenters. The van der Waals surface area contributed by atoms with Crippen molar-refractivity contribution in [3.05, 3.63) is 11.8 Å². The zero-order valence-corrected chi connectivity index (χ0v) is 8.94. The average molecular weight is 224 g/mol. The molecule has 0 spiro atoms. The molecular weight excluding hydrogens is 208 g/mol. The second-order valence-electron chi connectivity index (χ2n) is 4.19. The normalized spacial score (nSPS) is 25.3. The van der Waals surface area contributed by atoms with Crippen molar-refractivity contribution in [2.75, 3.05) is 5.73 Å². The van der Waals surface area contributed by atoms with Crippen molar-refractivity contribution in [2.24, 2.45) is 0 Å². The van der Waals surface area contributed by atoms with Gasteiger partial charge in [-0.15, -0.1) is 0 Å². The molecule has 0 unspecified atom stereocenters. The summed E-state index contributed by atoms with van der Waals surface area (Å²) in [6, 6.07) is 1.65. The fourth-order valence-electron chi connectivity index (χ4n) is 1.94. The molecule has 88 valence electrons. The van der Waals surface area contributed by atoms with Crippen LogP contribution < -0.4 is 11.1 Å². The van der Waals surface area contributed by atoms with Gasteiger partial charge in [0, 0.05) is 12.1 Å². The summed E-state index contributed by atoms with van der Waals surface area (Å²) in [4.78, 5) is 11.7. The summed E-state index contributed by atoms with van der Waals surface area (Å²) in [5.74, 6) is 0.120. The molecule has 1 saturated carbocycles. The number of rotatable bonds is 2. The lowest BCUT2D eigenvalue weighted by Gasteiger charge is -2.25. The molecule has 0 radical (unpaired) electrons. The molecule has 5 N–H and O–H groups in total. The van der Waals surface area contributed by atoms with Crippen LogP contribution in [0, 0.1) is 0 Å². The van der Waals surface area contributed by atoms with Crippen molar-refractivity contribution >= 4 is 11.7 Å². The molecule has 0 saturated heterocycles. The van der Waals surface area contributed by atoms with Gasteiger partial charge >= 0.3 is 0 Å². The molecule has 0 bridgehead atoms. The first kappa shape index (κ1) is 10.9. The second kappa shape index (κ2) is 4.52. The minimum absolute atomic E-state index is 0.139. The standard InChI is InChI=1S/C10H16N4O2/c11-9-5-8(13-14-9)10(16)12-6-1-3-7(15)4-2-6/h5-7,15H,1-4H2,(H,12,16)(H3,11,13,14). The highest BCUT2D eigenvalue weighted by Crippen LogP contribution is 2.18. The van der Waals surface area contributed by atoms with Gasteiger partial charge in [-0.25, -0.2) is 0 Å². The van der Waals surface area contributed by atoms with E-state index in [2.05, 4.69) is 15.5 Å². The highest BCUT2D eigenvalue weighted by Gasteiger charge is 2.21. The van der Waals surface area contributed by atoms with E-state index in [0.29, 0.717) is 11.5 Å². The first-order chi connectivity index (χ1) is 7.65. The summed E-state index contributed by atoms with van der Waals surface area (Å²) in [5.41, 5.74) is 5.79. The van der Waals surface area contributed by atoms with Gasteiger partial charge in [-0.2, -0.15) is 5.10 Å². The van der Waals surface area contributed by atoms with Crippen molar-refractivity contribution in [3.8, 4) is 0 Å². The largest absolute Gasteiger partial charge is 0.393 e. The van der Waals surface area contributed by atoms with E-state index < -0.39 is 0 Å². The number of H-pyrrole nitrogens is 1. The zero-order valence-electron chi connectivity index (χ0n) is 8.94. The molecule has 1 aromatic rings. The van der Waals surface area contributed by atoms with Gasteiger partial charge in [0.2, 0.25) is 0 Å². The Morgan fingerprint density at radius 3 is 2.75 bits per heavy atom. The number of hydrogen-bond donors (Lipinski definition) is 4. The maximum atomic E-state index is 11.7. The molecule has 16 heavy (non-hydrogen) atoms.